The van der Waals surface area contributed by atoms with Crippen LogP contribution in [0.4, 0.5) is 0 Å². The SMILES string of the molecule is O=C(NCCCOCCc1ccccc1)c1ccc(Cl)c(Cl)c1. The van der Waals surface area contributed by atoms with E-state index < -0.39 is 0 Å². The van der Waals surface area contributed by atoms with Crippen LogP contribution in [0.1, 0.15) is 22.3 Å². The van der Waals surface area contributed by atoms with Crippen molar-refractivity contribution in [3.05, 3.63) is 69.7 Å². The van der Waals surface area contributed by atoms with Gasteiger partial charge in [0.05, 0.1) is 16.7 Å². The Morgan fingerprint density at radius 1 is 1.00 bits per heavy atom. The fourth-order valence-corrected chi connectivity index (χ4v) is 2.35. The minimum absolute atomic E-state index is 0.159. The first-order valence-corrected chi connectivity index (χ1v) is 8.27. The van der Waals surface area contributed by atoms with Crippen LogP contribution in [0, 0.1) is 0 Å². The first kappa shape index (κ1) is 17.8. The van der Waals surface area contributed by atoms with Crippen LogP contribution < -0.4 is 5.32 Å². The maximum absolute atomic E-state index is 11.9. The van der Waals surface area contributed by atoms with Crippen molar-refractivity contribution in [2.75, 3.05) is 19.8 Å². The number of carbonyl (C=O) groups is 1. The lowest BCUT2D eigenvalue weighted by Crippen LogP contribution is -2.25. The molecule has 2 aromatic rings. The van der Waals surface area contributed by atoms with Gasteiger partial charge < -0.3 is 10.1 Å². The smallest absolute Gasteiger partial charge is 0.251 e. The predicted octanol–water partition coefficient (Wildman–Crippen LogP) is 4.37. The molecule has 0 aliphatic rings. The van der Waals surface area contributed by atoms with Gasteiger partial charge in [0.2, 0.25) is 0 Å². The van der Waals surface area contributed by atoms with E-state index in [1.807, 2.05) is 18.2 Å². The average molecular weight is 352 g/mol. The van der Waals surface area contributed by atoms with E-state index in [0.29, 0.717) is 35.4 Å². The third-order valence-corrected chi connectivity index (χ3v) is 4.05. The number of hydrogen-bond donors (Lipinski definition) is 1. The van der Waals surface area contributed by atoms with Gasteiger partial charge in [-0.15, -0.1) is 0 Å². The molecule has 0 radical (unpaired) electrons. The standard InChI is InChI=1S/C18H19Cl2NO2/c19-16-8-7-15(13-17(16)20)18(22)21-10-4-11-23-12-9-14-5-2-1-3-6-14/h1-3,5-8,13H,4,9-12H2,(H,21,22). The number of hydrogen-bond acceptors (Lipinski definition) is 2. The van der Waals surface area contributed by atoms with E-state index in [9.17, 15) is 4.79 Å². The highest BCUT2D eigenvalue weighted by Gasteiger charge is 2.07. The molecule has 0 bridgehead atoms. The summed E-state index contributed by atoms with van der Waals surface area (Å²) >= 11 is 11.7. The number of carbonyl (C=O) groups excluding carboxylic acids is 1. The summed E-state index contributed by atoms with van der Waals surface area (Å²) in [4.78, 5) is 11.9. The topological polar surface area (TPSA) is 38.3 Å². The molecule has 0 atom stereocenters. The Hall–Kier alpha value is -1.55. The highest BCUT2D eigenvalue weighted by Crippen LogP contribution is 2.22. The van der Waals surface area contributed by atoms with Crippen molar-refractivity contribution < 1.29 is 9.53 Å². The van der Waals surface area contributed by atoms with E-state index in [2.05, 4.69) is 17.4 Å². The van der Waals surface area contributed by atoms with E-state index in [-0.39, 0.29) is 5.91 Å². The average Bonchev–Trinajstić information content (AvgIpc) is 2.57. The Labute approximate surface area is 146 Å². The van der Waals surface area contributed by atoms with E-state index in [4.69, 9.17) is 27.9 Å². The van der Waals surface area contributed by atoms with Crippen LogP contribution in [0.3, 0.4) is 0 Å². The molecule has 0 spiro atoms. The summed E-state index contributed by atoms with van der Waals surface area (Å²) in [6.45, 7) is 1.86. The maximum Gasteiger partial charge on any atom is 0.251 e. The zero-order valence-corrected chi connectivity index (χ0v) is 14.2. The van der Waals surface area contributed by atoms with Gasteiger partial charge in [-0.2, -0.15) is 0 Å². The first-order valence-electron chi connectivity index (χ1n) is 7.52. The zero-order chi connectivity index (χ0) is 16.5. The normalized spacial score (nSPS) is 10.5. The molecule has 0 saturated carbocycles. The minimum Gasteiger partial charge on any atom is -0.381 e. The molecule has 0 aliphatic carbocycles. The summed E-state index contributed by atoms with van der Waals surface area (Å²) in [7, 11) is 0. The number of amides is 1. The molecule has 2 rings (SSSR count). The molecular formula is C18H19Cl2NO2. The maximum atomic E-state index is 11.9. The fourth-order valence-electron chi connectivity index (χ4n) is 2.05. The summed E-state index contributed by atoms with van der Waals surface area (Å²) in [5.74, 6) is -0.159. The Balaban J connectivity index is 1.58. The van der Waals surface area contributed by atoms with Crippen LogP contribution in [0.25, 0.3) is 0 Å². The molecule has 0 fully saturated rings. The second-order valence-corrected chi connectivity index (χ2v) is 5.90. The van der Waals surface area contributed by atoms with Gasteiger partial charge in [0.1, 0.15) is 0 Å². The van der Waals surface area contributed by atoms with Gasteiger partial charge in [-0.1, -0.05) is 53.5 Å². The number of ether oxygens (including phenoxy) is 1. The Bertz CT molecular complexity index is 632. The molecule has 0 aliphatic heterocycles. The summed E-state index contributed by atoms with van der Waals surface area (Å²) in [5.41, 5.74) is 1.77. The summed E-state index contributed by atoms with van der Waals surface area (Å²) in [5, 5.41) is 3.65. The highest BCUT2D eigenvalue weighted by molar-refractivity contribution is 6.42. The zero-order valence-electron chi connectivity index (χ0n) is 12.7. The van der Waals surface area contributed by atoms with Gasteiger partial charge in [0, 0.05) is 18.7 Å². The molecule has 1 N–H and O–H groups in total. The quantitative estimate of drug-likeness (QED) is 0.717. The molecular weight excluding hydrogens is 333 g/mol. The fraction of sp³-hybridized carbons (Fsp3) is 0.278. The molecule has 3 nitrogen and oxygen atoms in total. The molecule has 0 heterocycles. The second kappa shape index (κ2) is 9.56. The molecule has 2 aromatic carbocycles. The molecule has 1 amide bonds. The largest absolute Gasteiger partial charge is 0.381 e. The number of halogens is 2. The van der Waals surface area contributed by atoms with E-state index in [1.54, 1.807) is 18.2 Å². The highest BCUT2D eigenvalue weighted by atomic mass is 35.5. The van der Waals surface area contributed by atoms with Gasteiger partial charge in [0.15, 0.2) is 0 Å². The van der Waals surface area contributed by atoms with Crippen molar-refractivity contribution in [3.63, 3.8) is 0 Å². The molecule has 122 valence electrons. The van der Waals surface area contributed by atoms with Crippen LogP contribution in [0.5, 0.6) is 0 Å². The first-order chi connectivity index (χ1) is 11.2. The molecule has 5 heteroatoms. The number of nitrogens with one attached hydrogen (secondary N) is 1. The van der Waals surface area contributed by atoms with Crippen molar-refractivity contribution in [2.45, 2.75) is 12.8 Å². The lowest BCUT2D eigenvalue weighted by Gasteiger charge is -2.07. The monoisotopic (exact) mass is 351 g/mol. The van der Waals surface area contributed by atoms with Crippen LogP contribution in [-0.2, 0) is 11.2 Å². The third-order valence-electron chi connectivity index (χ3n) is 3.31. The molecule has 23 heavy (non-hydrogen) atoms. The van der Waals surface area contributed by atoms with Crippen LogP contribution in [0.15, 0.2) is 48.5 Å². The van der Waals surface area contributed by atoms with Gasteiger partial charge in [-0.05, 0) is 36.6 Å². The van der Waals surface area contributed by atoms with Crippen LogP contribution >= 0.6 is 23.2 Å². The van der Waals surface area contributed by atoms with E-state index >= 15 is 0 Å². The Morgan fingerprint density at radius 3 is 2.52 bits per heavy atom. The second-order valence-electron chi connectivity index (χ2n) is 5.09. The van der Waals surface area contributed by atoms with Crippen molar-refractivity contribution in [2.24, 2.45) is 0 Å². The minimum atomic E-state index is -0.159. The third kappa shape index (κ3) is 6.22. The Morgan fingerprint density at radius 2 is 1.78 bits per heavy atom. The lowest BCUT2D eigenvalue weighted by atomic mass is 10.2. The number of rotatable bonds is 8. The lowest BCUT2D eigenvalue weighted by molar-refractivity contribution is 0.0942. The van der Waals surface area contributed by atoms with Crippen molar-refractivity contribution in [1.29, 1.82) is 0 Å². The molecule has 0 unspecified atom stereocenters. The van der Waals surface area contributed by atoms with Gasteiger partial charge >= 0.3 is 0 Å². The molecule has 0 saturated heterocycles. The van der Waals surface area contributed by atoms with Crippen LogP contribution in [-0.4, -0.2) is 25.7 Å². The van der Waals surface area contributed by atoms with Gasteiger partial charge in [0.25, 0.3) is 5.91 Å². The van der Waals surface area contributed by atoms with E-state index in [1.165, 1.54) is 5.56 Å². The summed E-state index contributed by atoms with van der Waals surface area (Å²) in [6, 6.07) is 15.0. The van der Waals surface area contributed by atoms with Gasteiger partial charge in [-0.3, -0.25) is 4.79 Å². The summed E-state index contributed by atoms with van der Waals surface area (Å²) < 4.78 is 5.57. The Kier molecular flexibility index (Phi) is 7.40. The number of benzene rings is 2. The molecule has 0 aromatic heterocycles. The van der Waals surface area contributed by atoms with Crippen LogP contribution in [0.2, 0.25) is 10.0 Å². The summed E-state index contributed by atoms with van der Waals surface area (Å²) in [6.07, 6.45) is 1.67. The predicted molar refractivity (Wildman–Crippen MR) is 94.4 cm³/mol. The van der Waals surface area contributed by atoms with Crippen molar-refractivity contribution >= 4 is 29.1 Å². The van der Waals surface area contributed by atoms with Gasteiger partial charge in [-0.25, -0.2) is 0 Å². The van der Waals surface area contributed by atoms with E-state index in [0.717, 1.165) is 12.8 Å². The van der Waals surface area contributed by atoms with Crippen molar-refractivity contribution in [3.8, 4) is 0 Å². The van der Waals surface area contributed by atoms with Crippen molar-refractivity contribution in [1.82, 2.24) is 5.32 Å².